The molecule has 2 fully saturated rings. The van der Waals surface area contributed by atoms with Gasteiger partial charge in [-0.25, -0.2) is 4.98 Å². The Morgan fingerprint density at radius 1 is 0.922 bits per heavy atom. The number of rotatable bonds is 4. The minimum Gasteiger partial charge on any atom is -0.542 e. The number of pyridine rings is 1. The molecular weight excluding hydrogens is 709 g/mol. The van der Waals surface area contributed by atoms with E-state index in [9.17, 15) is 49.1 Å². The standard InChI is InChI=1S/C28H36F3N3O3.2C2HF3O2/c1-26(2,3)37-24(35)21-14-22(21)27(9-7-20(15-27)33-10-5-4-6-11-33)25(36)34-12-8-23-18(17-34)13-19(16-32-23)28(29,30)31;2*3-2(4,5)1(6)7/h7,9,13,16,20-22H,4-6,8,10-12,14-15,17H2,1-3H3;2*(H,6,7)/t20-,21?,22?,27+;;/m1../s1. The van der Waals surface area contributed by atoms with Crippen LogP contribution in [0, 0.1) is 17.3 Å². The molecule has 2 aliphatic heterocycles. The van der Waals surface area contributed by atoms with Gasteiger partial charge in [0.25, 0.3) is 0 Å². The molecule has 10 nitrogen and oxygen atoms in total. The molecule has 0 spiro atoms. The van der Waals surface area contributed by atoms with Crippen LogP contribution >= 0.6 is 0 Å². The van der Waals surface area contributed by atoms with Crippen molar-refractivity contribution in [1.82, 2.24) is 4.90 Å². The van der Waals surface area contributed by atoms with E-state index in [1.165, 1.54) is 24.2 Å². The molecule has 19 heteroatoms. The Morgan fingerprint density at radius 2 is 1.47 bits per heavy atom. The summed E-state index contributed by atoms with van der Waals surface area (Å²) in [5, 5.41) is 17.6. The zero-order chi connectivity index (χ0) is 38.7. The number of ether oxygens (including phenoxy) is 1. The van der Waals surface area contributed by atoms with E-state index in [4.69, 9.17) is 24.5 Å². The van der Waals surface area contributed by atoms with E-state index in [2.05, 4.69) is 11.1 Å². The molecule has 1 aromatic heterocycles. The predicted molar refractivity (Wildman–Crippen MR) is 151 cm³/mol. The molecule has 0 bridgehead atoms. The number of carbonyl (C=O) groups is 4. The molecule has 2 unspecified atom stereocenters. The quantitative estimate of drug-likeness (QED) is 0.278. The molecule has 0 aromatic carbocycles. The van der Waals surface area contributed by atoms with Crippen LogP contribution in [-0.2, 0) is 43.1 Å². The van der Waals surface area contributed by atoms with Gasteiger partial charge in [-0.1, -0.05) is 6.08 Å². The summed E-state index contributed by atoms with van der Waals surface area (Å²) >= 11 is 0. The molecule has 4 aliphatic rings. The fraction of sp³-hybridized carbons (Fsp3) is 0.656. The lowest BCUT2D eigenvalue weighted by Gasteiger charge is -2.37. The third kappa shape index (κ3) is 11.0. The number of halogens is 9. The highest BCUT2D eigenvalue weighted by atomic mass is 19.4. The van der Waals surface area contributed by atoms with E-state index in [1.54, 1.807) is 4.90 Å². The summed E-state index contributed by atoms with van der Waals surface area (Å²) in [6, 6.07) is 1.37. The first-order valence-corrected chi connectivity index (χ1v) is 16.0. The number of alkyl halides is 9. The SMILES string of the molecule is CC(C)(C)OC(=O)C1CC1[C@]1(C(=O)N2CCc3[nH+]cc(C(F)(F)F)cc3C2)C=C[C@@H]([NH+]2CCCCC2)C1.O=C([O-])C(F)(F)F.O=C([O-])C(F)(F)F. The zero-order valence-electron chi connectivity index (χ0n) is 27.8. The van der Waals surface area contributed by atoms with Crippen molar-refractivity contribution in [2.24, 2.45) is 17.3 Å². The maximum Gasteiger partial charge on any atom is 0.430 e. The number of quaternary nitrogens is 1. The summed E-state index contributed by atoms with van der Waals surface area (Å²) in [4.78, 5) is 50.7. The van der Waals surface area contributed by atoms with Gasteiger partial charge in [0.05, 0.1) is 37.4 Å². The minimum absolute atomic E-state index is 0.0678. The molecule has 1 saturated carbocycles. The number of H-pyrrole nitrogens is 1. The molecule has 1 aromatic rings. The second-order valence-corrected chi connectivity index (χ2v) is 13.8. The lowest BCUT2D eigenvalue weighted by Crippen LogP contribution is -3.16. The second-order valence-electron chi connectivity index (χ2n) is 13.8. The van der Waals surface area contributed by atoms with Gasteiger partial charge in [0.2, 0.25) is 5.91 Å². The smallest absolute Gasteiger partial charge is 0.430 e. The van der Waals surface area contributed by atoms with E-state index in [1.807, 2.05) is 26.8 Å². The van der Waals surface area contributed by atoms with Crippen LogP contribution in [0.5, 0.6) is 0 Å². The van der Waals surface area contributed by atoms with Crippen molar-refractivity contribution in [2.45, 2.75) is 96.0 Å². The number of aromatic amines is 1. The largest absolute Gasteiger partial charge is 0.542 e. The van der Waals surface area contributed by atoms with Gasteiger partial charge in [-0.15, -0.1) is 0 Å². The molecular formula is C32H38F9N3O7. The van der Waals surface area contributed by atoms with Crippen LogP contribution in [-0.4, -0.2) is 72.3 Å². The van der Waals surface area contributed by atoms with Gasteiger partial charge in [0, 0.05) is 18.5 Å². The number of hydrogen-bond donors (Lipinski definition) is 1. The summed E-state index contributed by atoms with van der Waals surface area (Å²) in [6.45, 7) is 8.24. The molecule has 5 rings (SSSR count). The monoisotopic (exact) mass is 747 g/mol. The number of likely N-dealkylation sites (tertiary alicyclic amines) is 1. The number of carbonyl (C=O) groups excluding carboxylic acids is 4. The average molecular weight is 748 g/mol. The number of esters is 1. The first kappa shape index (κ1) is 41.5. The Balaban J connectivity index is 0.000000424. The van der Waals surface area contributed by atoms with E-state index in [0.29, 0.717) is 31.4 Å². The molecule has 2 N–H and O–H groups in total. The van der Waals surface area contributed by atoms with Gasteiger partial charge in [0.1, 0.15) is 29.1 Å². The van der Waals surface area contributed by atoms with Crippen molar-refractivity contribution >= 4 is 23.8 Å². The Bertz CT molecular complexity index is 1460. The van der Waals surface area contributed by atoms with Gasteiger partial charge < -0.3 is 34.3 Å². The summed E-state index contributed by atoms with van der Waals surface area (Å²) in [6.07, 6.45) is -4.35. The minimum atomic E-state index is -5.19. The normalized spacial score (nSPS) is 25.0. The number of fused-ring (bicyclic) bond motifs is 1. The van der Waals surface area contributed by atoms with E-state index in [-0.39, 0.29) is 36.3 Å². The Labute approximate surface area is 286 Å². The van der Waals surface area contributed by atoms with Crippen LogP contribution in [0.1, 0.15) is 69.7 Å². The Kier molecular flexibility index (Phi) is 12.5. The number of aromatic nitrogens is 1. The second kappa shape index (κ2) is 15.4. The fourth-order valence-corrected chi connectivity index (χ4v) is 6.55. The van der Waals surface area contributed by atoms with Crippen LogP contribution in [0.4, 0.5) is 39.5 Å². The number of nitrogens with one attached hydrogen (secondary N) is 2. The molecule has 1 amide bonds. The number of piperidine rings is 1. The number of amides is 1. The topological polar surface area (TPSA) is 145 Å². The Morgan fingerprint density at radius 3 is 1.96 bits per heavy atom. The number of carboxylic acids is 2. The molecule has 1 saturated heterocycles. The van der Waals surface area contributed by atoms with E-state index >= 15 is 0 Å². The van der Waals surface area contributed by atoms with Crippen molar-refractivity contribution in [3.8, 4) is 0 Å². The van der Waals surface area contributed by atoms with Crippen LogP contribution in [0.3, 0.4) is 0 Å². The molecule has 286 valence electrons. The first-order chi connectivity index (χ1) is 23.3. The van der Waals surface area contributed by atoms with E-state index < -0.39 is 47.0 Å². The van der Waals surface area contributed by atoms with Gasteiger partial charge >= 0.3 is 24.5 Å². The van der Waals surface area contributed by atoms with Crippen molar-refractivity contribution in [2.75, 3.05) is 19.6 Å². The van der Waals surface area contributed by atoms with E-state index in [0.717, 1.165) is 31.0 Å². The van der Waals surface area contributed by atoms with Crippen LogP contribution in [0.15, 0.2) is 24.4 Å². The molecule has 51 heavy (non-hydrogen) atoms. The maximum atomic E-state index is 14.3. The summed E-state index contributed by atoms with van der Waals surface area (Å²) in [5.41, 5.74) is -0.918. The highest BCUT2D eigenvalue weighted by Crippen LogP contribution is 2.57. The highest BCUT2D eigenvalue weighted by Gasteiger charge is 2.63. The third-order valence-electron chi connectivity index (χ3n) is 8.95. The molecule has 3 heterocycles. The zero-order valence-corrected chi connectivity index (χ0v) is 27.8. The van der Waals surface area contributed by atoms with Crippen LogP contribution in [0.2, 0.25) is 0 Å². The Hall–Kier alpha value is -3.90. The average Bonchev–Trinajstić information content (AvgIpc) is 3.71. The summed E-state index contributed by atoms with van der Waals surface area (Å²) in [7, 11) is 0. The number of carboxylic acid groups (broad SMARTS) is 2. The fourth-order valence-electron chi connectivity index (χ4n) is 6.55. The van der Waals surface area contributed by atoms with Gasteiger partial charge in [-0.05, 0) is 64.5 Å². The van der Waals surface area contributed by atoms with Crippen molar-refractivity contribution < 1.29 is 83.5 Å². The summed E-state index contributed by atoms with van der Waals surface area (Å²) in [5.74, 6) is -6.82. The molecule has 2 aliphatic carbocycles. The van der Waals surface area contributed by atoms with Gasteiger partial charge in [0.15, 0.2) is 11.9 Å². The maximum absolute atomic E-state index is 14.3. The van der Waals surface area contributed by atoms with Gasteiger partial charge in [-0.3, -0.25) is 9.59 Å². The molecule has 0 radical (unpaired) electrons. The van der Waals surface area contributed by atoms with Crippen molar-refractivity contribution in [3.63, 3.8) is 0 Å². The van der Waals surface area contributed by atoms with Crippen LogP contribution in [0.25, 0.3) is 0 Å². The molecule has 4 atom stereocenters. The van der Waals surface area contributed by atoms with Gasteiger partial charge in [-0.2, -0.15) is 39.5 Å². The van der Waals surface area contributed by atoms with Crippen molar-refractivity contribution in [3.05, 3.63) is 41.2 Å². The number of hydrogen-bond acceptors (Lipinski definition) is 7. The lowest BCUT2D eigenvalue weighted by molar-refractivity contribution is -0.923. The lowest BCUT2D eigenvalue weighted by atomic mass is 9.78. The first-order valence-electron chi connectivity index (χ1n) is 16.0. The highest BCUT2D eigenvalue weighted by molar-refractivity contribution is 5.89. The third-order valence-corrected chi connectivity index (χ3v) is 8.95. The summed E-state index contributed by atoms with van der Waals surface area (Å²) < 4.78 is 109. The number of aliphatic carboxylic acids is 2. The van der Waals surface area contributed by atoms with Crippen molar-refractivity contribution in [1.29, 1.82) is 0 Å². The van der Waals surface area contributed by atoms with Crippen LogP contribution < -0.4 is 20.1 Å². The number of nitrogens with zero attached hydrogens (tertiary/aromatic N) is 1. The predicted octanol–water partition coefficient (Wildman–Crippen LogP) is 1.36.